The molecule has 0 saturated carbocycles. The Hall–Kier alpha value is -2.92. The predicted octanol–water partition coefficient (Wildman–Crippen LogP) is 5.53. The molecule has 6 heteroatoms. The molecule has 0 N–H and O–H groups in total. The highest BCUT2D eigenvalue weighted by atomic mass is 35.5. The van der Waals surface area contributed by atoms with Gasteiger partial charge in [0.1, 0.15) is 5.75 Å². The zero-order valence-electron chi connectivity index (χ0n) is 15.3. The molecule has 0 unspecified atom stereocenters. The predicted molar refractivity (Wildman–Crippen MR) is 106 cm³/mol. The molecule has 0 fully saturated rings. The van der Waals surface area contributed by atoms with E-state index in [0.29, 0.717) is 11.5 Å². The van der Waals surface area contributed by atoms with E-state index in [1.807, 2.05) is 24.3 Å². The topological polar surface area (TPSA) is 52.3 Å². The average molecular weight is 379 g/mol. The number of benzene rings is 2. The second kappa shape index (κ2) is 6.67. The van der Waals surface area contributed by atoms with E-state index in [4.69, 9.17) is 16.3 Å². The Kier molecular flexibility index (Phi) is 4.32. The van der Waals surface area contributed by atoms with Gasteiger partial charge in [0.05, 0.1) is 0 Å². The van der Waals surface area contributed by atoms with Crippen molar-refractivity contribution in [1.82, 2.24) is 19.8 Å². The van der Waals surface area contributed by atoms with Crippen LogP contribution in [0, 0.1) is 0 Å². The minimum absolute atomic E-state index is 0.0369. The van der Waals surface area contributed by atoms with E-state index in [2.05, 4.69) is 60.3 Å². The van der Waals surface area contributed by atoms with Crippen LogP contribution in [-0.2, 0) is 5.41 Å². The van der Waals surface area contributed by atoms with Gasteiger partial charge in [0.2, 0.25) is 11.2 Å². The van der Waals surface area contributed by atoms with Crippen LogP contribution in [0.2, 0.25) is 5.28 Å². The summed E-state index contributed by atoms with van der Waals surface area (Å²) in [6, 6.07) is 20.0. The van der Waals surface area contributed by atoms with E-state index in [1.54, 1.807) is 12.1 Å². The molecule has 0 spiro atoms. The molecule has 4 aromatic rings. The van der Waals surface area contributed by atoms with Crippen LogP contribution in [0.15, 0.2) is 60.7 Å². The molecule has 0 aliphatic carbocycles. The molecule has 27 heavy (non-hydrogen) atoms. The minimum atomic E-state index is 0.0369. The van der Waals surface area contributed by atoms with Gasteiger partial charge in [-0.1, -0.05) is 57.2 Å². The Balaban J connectivity index is 1.80. The van der Waals surface area contributed by atoms with E-state index in [9.17, 15) is 0 Å². The highest BCUT2D eigenvalue weighted by Crippen LogP contribution is 2.36. The Bertz CT molecular complexity index is 1100. The fourth-order valence-electron chi connectivity index (χ4n) is 2.84. The van der Waals surface area contributed by atoms with Gasteiger partial charge in [0.25, 0.3) is 0 Å². The maximum absolute atomic E-state index is 6.12. The molecule has 2 aromatic carbocycles. The van der Waals surface area contributed by atoms with Crippen LogP contribution in [0.5, 0.6) is 11.6 Å². The van der Waals surface area contributed by atoms with Gasteiger partial charge in [0, 0.05) is 11.6 Å². The highest BCUT2D eigenvalue weighted by Gasteiger charge is 2.18. The first-order valence-electron chi connectivity index (χ1n) is 8.67. The largest absolute Gasteiger partial charge is 0.437 e. The summed E-state index contributed by atoms with van der Waals surface area (Å²) >= 11 is 6.02. The molecule has 2 heterocycles. The number of nitrogens with zero attached hydrogens (tertiary/aromatic N) is 4. The molecular weight excluding hydrogens is 360 g/mol. The van der Waals surface area contributed by atoms with Crippen molar-refractivity contribution >= 4 is 17.2 Å². The van der Waals surface area contributed by atoms with Crippen molar-refractivity contribution in [2.45, 2.75) is 26.2 Å². The Morgan fingerprint density at radius 3 is 2.44 bits per heavy atom. The van der Waals surface area contributed by atoms with E-state index in [0.717, 1.165) is 16.9 Å². The van der Waals surface area contributed by atoms with Gasteiger partial charge in [-0.25, -0.2) is 0 Å². The number of fused-ring (bicyclic) bond motifs is 1. The molecular formula is C21H19ClN4O. The van der Waals surface area contributed by atoms with Gasteiger partial charge in [-0.2, -0.15) is 4.52 Å². The monoisotopic (exact) mass is 378 g/mol. The molecule has 0 aliphatic heterocycles. The van der Waals surface area contributed by atoms with E-state index < -0.39 is 0 Å². The SMILES string of the molecule is CC(C)(C)c1ccc(Oc2ccc3nnc(Cl)n3n2)c(-c2ccccc2)c1. The number of hydrogen-bond acceptors (Lipinski definition) is 4. The smallest absolute Gasteiger partial charge is 0.246 e. The fraction of sp³-hybridized carbons (Fsp3) is 0.190. The van der Waals surface area contributed by atoms with Gasteiger partial charge in [-0.3, -0.25) is 0 Å². The van der Waals surface area contributed by atoms with Crippen molar-refractivity contribution in [3.8, 4) is 22.8 Å². The summed E-state index contributed by atoms with van der Waals surface area (Å²) in [6.07, 6.45) is 0. The summed E-state index contributed by atoms with van der Waals surface area (Å²) in [7, 11) is 0. The molecule has 0 atom stereocenters. The third-order valence-corrected chi connectivity index (χ3v) is 4.58. The third kappa shape index (κ3) is 3.51. The average Bonchev–Trinajstić information content (AvgIpc) is 3.02. The van der Waals surface area contributed by atoms with E-state index in [1.165, 1.54) is 10.1 Å². The summed E-state index contributed by atoms with van der Waals surface area (Å²) in [5.74, 6) is 1.15. The number of aromatic nitrogens is 4. The summed E-state index contributed by atoms with van der Waals surface area (Å²) in [4.78, 5) is 0. The second-order valence-corrected chi connectivity index (χ2v) is 7.68. The Morgan fingerprint density at radius 1 is 0.926 bits per heavy atom. The Labute approximate surface area is 162 Å². The number of ether oxygens (including phenoxy) is 1. The molecule has 0 saturated heterocycles. The lowest BCUT2D eigenvalue weighted by Gasteiger charge is -2.21. The summed E-state index contributed by atoms with van der Waals surface area (Å²) < 4.78 is 7.56. The van der Waals surface area contributed by atoms with Crippen molar-refractivity contribution in [1.29, 1.82) is 0 Å². The molecule has 0 bridgehead atoms. The normalized spacial score (nSPS) is 11.7. The lowest BCUT2D eigenvalue weighted by molar-refractivity contribution is 0.453. The summed E-state index contributed by atoms with van der Waals surface area (Å²) in [6.45, 7) is 6.59. The van der Waals surface area contributed by atoms with Crippen LogP contribution in [0.25, 0.3) is 16.8 Å². The highest BCUT2D eigenvalue weighted by molar-refractivity contribution is 6.28. The van der Waals surface area contributed by atoms with Crippen LogP contribution in [0.4, 0.5) is 0 Å². The Morgan fingerprint density at radius 2 is 1.70 bits per heavy atom. The van der Waals surface area contributed by atoms with Gasteiger partial charge < -0.3 is 4.74 Å². The van der Waals surface area contributed by atoms with E-state index in [-0.39, 0.29) is 10.7 Å². The number of rotatable bonds is 3. The van der Waals surface area contributed by atoms with Crippen molar-refractivity contribution in [2.75, 3.05) is 0 Å². The van der Waals surface area contributed by atoms with Crippen molar-refractivity contribution in [3.05, 3.63) is 71.5 Å². The van der Waals surface area contributed by atoms with Crippen LogP contribution < -0.4 is 4.74 Å². The zero-order chi connectivity index (χ0) is 19.0. The third-order valence-electron chi connectivity index (χ3n) is 4.35. The molecule has 0 aliphatic rings. The van der Waals surface area contributed by atoms with Crippen LogP contribution in [0.1, 0.15) is 26.3 Å². The molecule has 2 aromatic heterocycles. The first-order valence-corrected chi connectivity index (χ1v) is 9.05. The van der Waals surface area contributed by atoms with Crippen molar-refractivity contribution < 1.29 is 4.74 Å². The standard InChI is InChI=1S/C21H19ClN4O/c1-21(2,3)15-9-10-17(16(13-15)14-7-5-4-6-8-14)27-19-12-11-18-23-24-20(22)26(18)25-19/h4-13H,1-3H3. The van der Waals surface area contributed by atoms with Gasteiger partial charge in [0.15, 0.2) is 5.65 Å². The van der Waals surface area contributed by atoms with Gasteiger partial charge in [-0.05, 0) is 46.3 Å². The zero-order valence-corrected chi connectivity index (χ0v) is 16.1. The first-order chi connectivity index (χ1) is 12.9. The molecule has 5 nitrogen and oxygen atoms in total. The van der Waals surface area contributed by atoms with Gasteiger partial charge >= 0.3 is 0 Å². The fourth-order valence-corrected chi connectivity index (χ4v) is 3.00. The lowest BCUT2D eigenvalue weighted by Crippen LogP contribution is -2.11. The minimum Gasteiger partial charge on any atom is -0.437 e. The van der Waals surface area contributed by atoms with Crippen LogP contribution >= 0.6 is 11.6 Å². The molecule has 136 valence electrons. The first kappa shape index (κ1) is 17.5. The maximum atomic E-state index is 6.12. The van der Waals surface area contributed by atoms with Crippen molar-refractivity contribution in [3.63, 3.8) is 0 Å². The summed E-state index contributed by atoms with van der Waals surface area (Å²) in [5.41, 5.74) is 3.94. The lowest BCUT2D eigenvalue weighted by atomic mass is 9.85. The molecule has 0 amide bonds. The van der Waals surface area contributed by atoms with Crippen molar-refractivity contribution in [2.24, 2.45) is 0 Å². The number of halogens is 1. The van der Waals surface area contributed by atoms with Gasteiger partial charge in [-0.15, -0.1) is 15.3 Å². The van der Waals surface area contributed by atoms with Crippen LogP contribution in [0.3, 0.4) is 0 Å². The quantitative estimate of drug-likeness (QED) is 0.470. The molecule has 0 radical (unpaired) electrons. The second-order valence-electron chi connectivity index (χ2n) is 7.34. The summed E-state index contributed by atoms with van der Waals surface area (Å²) in [5, 5.41) is 12.3. The van der Waals surface area contributed by atoms with Crippen LogP contribution in [-0.4, -0.2) is 19.8 Å². The number of hydrogen-bond donors (Lipinski definition) is 0. The molecule has 4 rings (SSSR count). The van der Waals surface area contributed by atoms with E-state index >= 15 is 0 Å². The maximum Gasteiger partial charge on any atom is 0.246 e.